The monoisotopic (exact) mass is 240 g/mol. The van der Waals surface area contributed by atoms with E-state index in [1.54, 1.807) is 0 Å². The maximum atomic E-state index is 11.9. The van der Waals surface area contributed by atoms with Crippen LogP contribution in [0.4, 0.5) is 0 Å². The number of primary amides is 1. The van der Waals surface area contributed by atoms with Crippen LogP contribution in [0, 0.1) is 11.3 Å². The molecule has 0 aliphatic carbocycles. The van der Waals surface area contributed by atoms with E-state index in [1.807, 2.05) is 4.90 Å². The smallest absolute Gasteiger partial charge is 0.223 e. The van der Waals surface area contributed by atoms with Crippen LogP contribution in [0.2, 0.25) is 0 Å². The number of rotatable bonds is 3. The van der Waals surface area contributed by atoms with Gasteiger partial charge in [-0.2, -0.15) is 0 Å². The van der Waals surface area contributed by atoms with Gasteiger partial charge in [0, 0.05) is 18.5 Å². The van der Waals surface area contributed by atoms with Crippen LogP contribution in [-0.2, 0) is 9.59 Å². The number of likely N-dealkylation sites (tertiary alicyclic amines) is 1. The van der Waals surface area contributed by atoms with E-state index in [9.17, 15) is 9.59 Å². The summed E-state index contributed by atoms with van der Waals surface area (Å²) < 4.78 is 0. The molecule has 1 rings (SSSR count). The number of carbonyl (C=O) groups excluding carboxylic acids is 2. The molecule has 1 heterocycles. The van der Waals surface area contributed by atoms with E-state index in [-0.39, 0.29) is 35.1 Å². The average Bonchev–Trinajstić information content (AvgIpc) is 2.43. The number of nitrogens with two attached hydrogens (primary N) is 1. The van der Waals surface area contributed by atoms with Gasteiger partial charge >= 0.3 is 0 Å². The van der Waals surface area contributed by atoms with Crippen molar-refractivity contribution in [2.24, 2.45) is 17.1 Å². The Morgan fingerprint density at radius 1 is 1.35 bits per heavy atom. The normalized spacial score (nSPS) is 22.1. The van der Waals surface area contributed by atoms with Gasteiger partial charge in [-0.1, -0.05) is 20.8 Å². The van der Waals surface area contributed by atoms with E-state index in [0.29, 0.717) is 6.54 Å². The minimum absolute atomic E-state index is 0.0445. The maximum Gasteiger partial charge on any atom is 0.223 e. The largest absolute Gasteiger partial charge is 0.369 e. The molecule has 1 fully saturated rings. The molecule has 0 saturated carbocycles. The lowest BCUT2D eigenvalue weighted by atomic mass is 9.81. The summed E-state index contributed by atoms with van der Waals surface area (Å²) >= 11 is 0. The Hall–Kier alpha value is -1.06. The molecule has 1 aliphatic heterocycles. The quantitative estimate of drug-likeness (QED) is 0.813. The van der Waals surface area contributed by atoms with Crippen LogP contribution in [0.15, 0.2) is 0 Å². The zero-order chi connectivity index (χ0) is 13.4. The van der Waals surface area contributed by atoms with Gasteiger partial charge in [0.05, 0.1) is 5.92 Å². The Morgan fingerprint density at radius 3 is 2.24 bits per heavy atom. The fourth-order valence-electron chi connectivity index (χ4n) is 2.88. The zero-order valence-electron chi connectivity index (χ0n) is 11.5. The van der Waals surface area contributed by atoms with Crippen molar-refractivity contribution in [3.8, 4) is 0 Å². The zero-order valence-corrected chi connectivity index (χ0v) is 11.5. The summed E-state index contributed by atoms with van der Waals surface area (Å²) in [5.41, 5.74) is 5.20. The highest BCUT2D eigenvalue weighted by molar-refractivity contribution is 5.88. The molecule has 0 aromatic carbocycles. The van der Waals surface area contributed by atoms with Gasteiger partial charge in [0.2, 0.25) is 11.8 Å². The Labute approximate surface area is 104 Å². The minimum Gasteiger partial charge on any atom is -0.369 e. The molecule has 98 valence electrons. The Kier molecular flexibility index (Phi) is 3.55. The van der Waals surface area contributed by atoms with Crippen LogP contribution in [-0.4, -0.2) is 28.8 Å². The van der Waals surface area contributed by atoms with Gasteiger partial charge < -0.3 is 10.6 Å². The summed E-state index contributed by atoms with van der Waals surface area (Å²) in [6.45, 7) is 11.0. The van der Waals surface area contributed by atoms with Gasteiger partial charge in [-0.15, -0.1) is 0 Å². The predicted molar refractivity (Wildman–Crippen MR) is 67.2 cm³/mol. The van der Waals surface area contributed by atoms with Crippen molar-refractivity contribution >= 4 is 11.8 Å². The molecular formula is C13H24N2O2. The molecule has 1 aliphatic rings. The van der Waals surface area contributed by atoms with E-state index in [0.717, 1.165) is 6.42 Å². The third-order valence-corrected chi connectivity index (χ3v) is 3.22. The molecule has 2 amide bonds. The van der Waals surface area contributed by atoms with Crippen molar-refractivity contribution in [2.45, 2.75) is 53.0 Å². The molecule has 2 N–H and O–H groups in total. The number of hydrogen-bond donors (Lipinski definition) is 1. The Morgan fingerprint density at radius 2 is 1.88 bits per heavy atom. The van der Waals surface area contributed by atoms with Crippen molar-refractivity contribution in [3.05, 3.63) is 0 Å². The second-order valence-corrected chi connectivity index (χ2v) is 6.86. The van der Waals surface area contributed by atoms with Gasteiger partial charge in [0.25, 0.3) is 0 Å². The fourth-order valence-corrected chi connectivity index (χ4v) is 2.88. The van der Waals surface area contributed by atoms with Gasteiger partial charge in [-0.25, -0.2) is 0 Å². The van der Waals surface area contributed by atoms with E-state index in [2.05, 4.69) is 34.6 Å². The van der Waals surface area contributed by atoms with Crippen molar-refractivity contribution in [3.63, 3.8) is 0 Å². The van der Waals surface area contributed by atoms with Crippen LogP contribution in [0.25, 0.3) is 0 Å². The number of nitrogens with zero attached hydrogens (tertiary/aromatic N) is 1. The molecule has 4 nitrogen and oxygen atoms in total. The highest BCUT2D eigenvalue weighted by Crippen LogP contribution is 2.34. The molecular weight excluding hydrogens is 216 g/mol. The van der Waals surface area contributed by atoms with Gasteiger partial charge in [-0.3, -0.25) is 9.59 Å². The topological polar surface area (TPSA) is 63.4 Å². The summed E-state index contributed by atoms with van der Waals surface area (Å²) in [6, 6.07) is 0. The minimum atomic E-state index is -0.368. The molecule has 0 aromatic heterocycles. The first-order valence-electron chi connectivity index (χ1n) is 6.13. The predicted octanol–water partition coefficient (Wildman–Crippen LogP) is 1.53. The molecule has 0 spiro atoms. The van der Waals surface area contributed by atoms with Crippen molar-refractivity contribution in [1.82, 2.24) is 4.90 Å². The van der Waals surface area contributed by atoms with Crippen LogP contribution >= 0.6 is 0 Å². The molecule has 17 heavy (non-hydrogen) atoms. The highest BCUT2D eigenvalue weighted by atomic mass is 16.2. The summed E-state index contributed by atoms with van der Waals surface area (Å²) in [5, 5.41) is 0. The van der Waals surface area contributed by atoms with E-state index >= 15 is 0 Å². The first-order chi connectivity index (χ1) is 7.53. The standard InChI is InChI=1S/C13H24N2O2/c1-12(2,3)8-13(4,5)15-7-9(11(14)17)6-10(15)16/h9H,6-8H2,1-5H3,(H2,14,17)/t9-/m0/s1. The molecule has 1 saturated heterocycles. The van der Waals surface area contributed by atoms with Crippen LogP contribution in [0.1, 0.15) is 47.5 Å². The number of carbonyl (C=O) groups is 2. The summed E-state index contributed by atoms with van der Waals surface area (Å²) in [4.78, 5) is 24.9. The molecule has 0 aromatic rings. The SMILES string of the molecule is CC(C)(C)CC(C)(C)N1C[C@@H](C(N)=O)CC1=O. The first-order valence-corrected chi connectivity index (χ1v) is 6.13. The van der Waals surface area contributed by atoms with Crippen molar-refractivity contribution in [1.29, 1.82) is 0 Å². The van der Waals surface area contributed by atoms with Crippen LogP contribution in [0.3, 0.4) is 0 Å². The lowest BCUT2D eigenvalue weighted by Crippen LogP contribution is -2.47. The summed E-state index contributed by atoms with van der Waals surface area (Å²) in [7, 11) is 0. The molecule has 0 unspecified atom stereocenters. The van der Waals surface area contributed by atoms with E-state index in [4.69, 9.17) is 5.73 Å². The van der Waals surface area contributed by atoms with Gasteiger partial charge in [0.15, 0.2) is 0 Å². The Bertz CT molecular complexity index is 329. The maximum absolute atomic E-state index is 11.9. The summed E-state index contributed by atoms with van der Waals surface area (Å²) in [5.74, 6) is -0.641. The van der Waals surface area contributed by atoms with E-state index in [1.165, 1.54) is 0 Å². The number of hydrogen-bond acceptors (Lipinski definition) is 2. The Balaban J connectivity index is 2.79. The van der Waals surface area contributed by atoms with Gasteiger partial charge in [0.1, 0.15) is 0 Å². The fraction of sp³-hybridized carbons (Fsp3) is 0.846. The van der Waals surface area contributed by atoms with Crippen molar-refractivity contribution in [2.75, 3.05) is 6.54 Å². The molecule has 1 atom stereocenters. The lowest BCUT2D eigenvalue weighted by molar-refractivity contribution is -0.133. The van der Waals surface area contributed by atoms with Crippen LogP contribution in [0.5, 0.6) is 0 Å². The van der Waals surface area contributed by atoms with Gasteiger partial charge in [-0.05, 0) is 25.7 Å². The molecule has 0 radical (unpaired) electrons. The summed E-state index contributed by atoms with van der Waals surface area (Å²) in [6.07, 6.45) is 1.17. The third kappa shape index (κ3) is 3.45. The lowest BCUT2D eigenvalue weighted by Gasteiger charge is -2.40. The second-order valence-electron chi connectivity index (χ2n) is 6.86. The number of amides is 2. The average molecular weight is 240 g/mol. The molecule has 0 bridgehead atoms. The van der Waals surface area contributed by atoms with Crippen LogP contribution < -0.4 is 5.73 Å². The molecule has 4 heteroatoms. The first kappa shape index (κ1) is 14.0. The van der Waals surface area contributed by atoms with E-state index < -0.39 is 0 Å². The highest BCUT2D eigenvalue weighted by Gasteiger charge is 2.42. The third-order valence-electron chi connectivity index (χ3n) is 3.22. The van der Waals surface area contributed by atoms with Crippen molar-refractivity contribution < 1.29 is 9.59 Å². The second kappa shape index (κ2) is 4.31.